The molecule has 0 aliphatic rings. The smallest absolute Gasteiger partial charge is 0.146 e. The highest BCUT2D eigenvalue weighted by Crippen LogP contribution is 2.24. The number of nitrogens with zero attached hydrogens (tertiary/aromatic N) is 2. The summed E-state index contributed by atoms with van der Waals surface area (Å²) in [5.74, 6) is 0.423. The van der Waals surface area contributed by atoms with Gasteiger partial charge >= 0.3 is 0 Å². The first kappa shape index (κ1) is 11.5. The molecule has 2 N–H and O–H groups in total. The van der Waals surface area contributed by atoms with Crippen LogP contribution >= 0.6 is 0 Å². The van der Waals surface area contributed by atoms with Gasteiger partial charge in [0.2, 0.25) is 0 Å². The fourth-order valence-electron chi connectivity index (χ4n) is 1.58. The predicted molar refractivity (Wildman–Crippen MR) is 66.6 cm³/mol. The first-order chi connectivity index (χ1) is 8.22. The maximum Gasteiger partial charge on any atom is 0.146 e. The van der Waals surface area contributed by atoms with Crippen molar-refractivity contribution in [1.29, 1.82) is 0 Å². The topological polar surface area (TPSA) is 42.1 Å². The van der Waals surface area contributed by atoms with E-state index in [-0.39, 0.29) is 5.82 Å². The Morgan fingerprint density at radius 3 is 2.59 bits per heavy atom. The second kappa shape index (κ2) is 4.93. The highest BCUT2D eigenvalue weighted by molar-refractivity contribution is 5.59. The Morgan fingerprint density at radius 1 is 1.24 bits per heavy atom. The Balaban J connectivity index is 2.30. The van der Waals surface area contributed by atoms with Crippen molar-refractivity contribution in [2.45, 2.75) is 6.54 Å². The molecule has 88 valence electrons. The zero-order valence-electron chi connectivity index (χ0n) is 9.60. The number of benzene rings is 1. The monoisotopic (exact) mass is 231 g/mol. The van der Waals surface area contributed by atoms with E-state index in [4.69, 9.17) is 5.73 Å². The SMILES string of the molecule is CN(c1ccc(CN)cn1)c1ccccc1F. The van der Waals surface area contributed by atoms with Crippen molar-refractivity contribution in [3.63, 3.8) is 0 Å². The Morgan fingerprint density at radius 2 is 2.00 bits per heavy atom. The minimum atomic E-state index is -0.264. The summed E-state index contributed by atoms with van der Waals surface area (Å²) in [6.45, 7) is 0.455. The summed E-state index contributed by atoms with van der Waals surface area (Å²) >= 11 is 0. The van der Waals surface area contributed by atoms with Gasteiger partial charge in [0.25, 0.3) is 0 Å². The largest absolute Gasteiger partial charge is 0.327 e. The quantitative estimate of drug-likeness (QED) is 0.882. The second-order valence-electron chi connectivity index (χ2n) is 3.74. The van der Waals surface area contributed by atoms with Crippen molar-refractivity contribution in [2.24, 2.45) is 5.73 Å². The molecule has 1 aromatic carbocycles. The third kappa shape index (κ3) is 2.42. The van der Waals surface area contributed by atoms with E-state index in [1.54, 1.807) is 36.3 Å². The molecule has 0 aliphatic carbocycles. The second-order valence-corrected chi connectivity index (χ2v) is 3.74. The van der Waals surface area contributed by atoms with Crippen molar-refractivity contribution in [2.75, 3.05) is 11.9 Å². The van der Waals surface area contributed by atoms with Crippen LogP contribution in [0.2, 0.25) is 0 Å². The van der Waals surface area contributed by atoms with Gasteiger partial charge in [-0.15, -0.1) is 0 Å². The molecular weight excluding hydrogens is 217 g/mol. The fraction of sp³-hybridized carbons (Fsp3) is 0.154. The van der Waals surface area contributed by atoms with Gasteiger partial charge in [0.15, 0.2) is 0 Å². The van der Waals surface area contributed by atoms with E-state index in [2.05, 4.69) is 4.98 Å². The van der Waals surface area contributed by atoms with E-state index in [0.29, 0.717) is 18.1 Å². The lowest BCUT2D eigenvalue weighted by Gasteiger charge is -2.18. The molecule has 0 fully saturated rings. The van der Waals surface area contributed by atoms with Crippen molar-refractivity contribution in [3.05, 3.63) is 54.0 Å². The number of hydrogen-bond donors (Lipinski definition) is 1. The van der Waals surface area contributed by atoms with Crippen LogP contribution in [-0.4, -0.2) is 12.0 Å². The molecule has 4 heteroatoms. The van der Waals surface area contributed by atoms with E-state index in [1.807, 2.05) is 12.1 Å². The number of anilines is 2. The molecule has 1 heterocycles. The van der Waals surface area contributed by atoms with Crippen LogP contribution in [0.3, 0.4) is 0 Å². The average molecular weight is 231 g/mol. The van der Waals surface area contributed by atoms with Gasteiger partial charge in [-0.25, -0.2) is 9.37 Å². The molecule has 0 saturated carbocycles. The Hall–Kier alpha value is -1.94. The summed E-state index contributed by atoms with van der Waals surface area (Å²) in [5, 5.41) is 0. The first-order valence-corrected chi connectivity index (χ1v) is 5.35. The summed E-state index contributed by atoms with van der Waals surface area (Å²) in [4.78, 5) is 5.95. The first-order valence-electron chi connectivity index (χ1n) is 5.35. The van der Waals surface area contributed by atoms with Crippen LogP contribution in [0.5, 0.6) is 0 Å². The Labute approximate surface area is 99.7 Å². The van der Waals surface area contributed by atoms with Gasteiger partial charge in [-0.1, -0.05) is 18.2 Å². The van der Waals surface area contributed by atoms with Crippen LogP contribution in [0.1, 0.15) is 5.56 Å². The van der Waals surface area contributed by atoms with Crippen molar-refractivity contribution >= 4 is 11.5 Å². The molecule has 0 unspecified atom stereocenters. The predicted octanol–water partition coefficient (Wildman–Crippen LogP) is 2.45. The van der Waals surface area contributed by atoms with Gasteiger partial charge in [0.05, 0.1) is 5.69 Å². The number of halogens is 1. The number of aromatic nitrogens is 1. The highest BCUT2D eigenvalue weighted by Gasteiger charge is 2.09. The van der Waals surface area contributed by atoms with Crippen LogP contribution < -0.4 is 10.6 Å². The molecule has 0 amide bonds. The summed E-state index contributed by atoms with van der Waals surface area (Å²) < 4.78 is 13.6. The third-order valence-corrected chi connectivity index (χ3v) is 2.60. The highest BCUT2D eigenvalue weighted by atomic mass is 19.1. The van der Waals surface area contributed by atoms with Crippen molar-refractivity contribution in [1.82, 2.24) is 4.98 Å². The minimum absolute atomic E-state index is 0.264. The zero-order chi connectivity index (χ0) is 12.3. The zero-order valence-corrected chi connectivity index (χ0v) is 9.60. The van der Waals surface area contributed by atoms with E-state index in [1.165, 1.54) is 6.07 Å². The maximum atomic E-state index is 13.6. The van der Waals surface area contributed by atoms with Gasteiger partial charge in [-0.3, -0.25) is 0 Å². The van der Waals surface area contributed by atoms with Crippen LogP contribution in [0, 0.1) is 5.82 Å². The summed E-state index contributed by atoms with van der Waals surface area (Å²) in [7, 11) is 1.78. The number of pyridine rings is 1. The Bertz CT molecular complexity index is 496. The molecule has 3 nitrogen and oxygen atoms in total. The molecule has 2 rings (SSSR count). The van der Waals surface area contributed by atoms with Gasteiger partial charge in [-0.2, -0.15) is 0 Å². The number of nitrogens with two attached hydrogens (primary N) is 1. The molecule has 0 spiro atoms. The van der Waals surface area contributed by atoms with Crippen LogP contribution in [0.4, 0.5) is 15.9 Å². The average Bonchev–Trinajstić information content (AvgIpc) is 2.39. The molecule has 0 bridgehead atoms. The van der Waals surface area contributed by atoms with Crippen molar-refractivity contribution in [3.8, 4) is 0 Å². The number of rotatable bonds is 3. The fourth-order valence-corrected chi connectivity index (χ4v) is 1.58. The molecule has 0 radical (unpaired) electrons. The van der Waals surface area contributed by atoms with E-state index in [9.17, 15) is 4.39 Å². The van der Waals surface area contributed by atoms with Gasteiger partial charge in [0, 0.05) is 19.8 Å². The lowest BCUT2D eigenvalue weighted by molar-refractivity contribution is 0.627. The molecule has 0 saturated heterocycles. The number of para-hydroxylation sites is 1. The van der Waals surface area contributed by atoms with Crippen LogP contribution in [0.15, 0.2) is 42.6 Å². The maximum absolute atomic E-state index is 13.6. The lowest BCUT2D eigenvalue weighted by Crippen LogP contribution is -2.13. The van der Waals surface area contributed by atoms with E-state index < -0.39 is 0 Å². The van der Waals surface area contributed by atoms with Crippen LogP contribution in [0.25, 0.3) is 0 Å². The minimum Gasteiger partial charge on any atom is -0.327 e. The van der Waals surface area contributed by atoms with Crippen LogP contribution in [-0.2, 0) is 6.54 Å². The molecule has 1 aromatic heterocycles. The third-order valence-electron chi connectivity index (χ3n) is 2.60. The molecular formula is C13H14FN3. The van der Waals surface area contributed by atoms with E-state index in [0.717, 1.165) is 5.56 Å². The standard InChI is InChI=1S/C13H14FN3/c1-17(12-5-3-2-4-11(12)14)13-7-6-10(8-15)9-16-13/h2-7,9H,8,15H2,1H3. The van der Waals surface area contributed by atoms with Gasteiger partial charge in [-0.05, 0) is 23.8 Å². The normalized spacial score (nSPS) is 10.3. The molecule has 17 heavy (non-hydrogen) atoms. The molecule has 0 atom stereocenters. The van der Waals surface area contributed by atoms with Gasteiger partial charge in [0.1, 0.15) is 11.6 Å². The van der Waals surface area contributed by atoms with Crippen molar-refractivity contribution < 1.29 is 4.39 Å². The van der Waals surface area contributed by atoms with E-state index >= 15 is 0 Å². The lowest BCUT2D eigenvalue weighted by atomic mass is 10.2. The molecule has 0 aliphatic heterocycles. The summed E-state index contributed by atoms with van der Waals surface area (Å²) in [6.07, 6.45) is 1.70. The molecule has 2 aromatic rings. The van der Waals surface area contributed by atoms with Gasteiger partial charge < -0.3 is 10.6 Å². The number of hydrogen-bond acceptors (Lipinski definition) is 3. The Kier molecular flexibility index (Phi) is 3.35. The summed E-state index contributed by atoms with van der Waals surface area (Å²) in [6, 6.07) is 10.3. The summed E-state index contributed by atoms with van der Waals surface area (Å²) in [5.41, 5.74) is 6.95.